The molecule has 0 radical (unpaired) electrons. The van der Waals surface area contributed by atoms with Crippen LogP contribution >= 0.6 is 0 Å². The molecule has 1 saturated heterocycles. The Hall–Kier alpha value is -2.38. The van der Waals surface area contributed by atoms with Crippen molar-refractivity contribution >= 4 is 11.9 Å². The van der Waals surface area contributed by atoms with Crippen LogP contribution < -0.4 is 5.32 Å². The van der Waals surface area contributed by atoms with Crippen LogP contribution in [-0.2, 0) is 23.8 Å². The summed E-state index contributed by atoms with van der Waals surface area (Å²) in [5, 5.41) is 57.1. The quantitative estimate of drug-likeness (QED) is 0.0195. The van der Waals surface area contributed by atoms with E-state index in [4.69, 9.17) is 14.2 Å². The highest BCUT2D eigenvalue weighted by atomic mass is 16.7. The minimum absolute atomic E-state index is 0.110. The second-order valence-corrected chi connectivity index (χ2v) is 22.5. The SMILES string of the molecule is CCCCC/C=C\C/C=C\C/C=C\CCCCCCCCC(=O)OC1C(OCC(NC(=O)C(O)CCCCCCCCCCCCCCCCCC)C(O)/C=C/CCCCCCCCCCCCC)OC(CO)C(O)C1O. The monoisotopic (exact) mass is 1090 g/mol. The van der Waals surface area contributed by atoms with Gasteiger partial charge in [-0.2, -0.15) is 0 Å². The Morgan fingerprint density at radius 2 is 0.896 bits per heavy atom. The second-order valence-electron chi connectivity index (χ2n) is 22.5. The number of aliphatic hydroxyl groups is 5. The van der Waals surface area contributed by atoms with E-state index in [1.807, 2.05) is 6.08 Å². The number of amides is 1. The van der Waals surface area contributed by atoms with Crippen LogP contribution in [0, 0.1) is 0 Å². The van der Waals surface area contributed by atoms with Crippen molar-refractivity contribution in [3.8, 4) is 0 Å². The van der Waals surface area contributed by atoms with E-state index in [2.05, 4.69) is 62.5 Å². The first-order valence-corrected chi connectivity index (χ1v) is 32.4. The zero-order valence-electron chi connectivity index (χ0n) is 49.8. The van der Waals surface area contributed by atoms with E-state index in [-0.39, 0.29) is 13.0 Å². The fraction of sp³-hybridized carbons (Fsp3) is 0.848. The summed E-state index contributed by atoms with van der Waals surface area (Å²) in [6.07, 6.45) is 55.7. The number of carbonyl (C=O) groups excluding carboxylic acids is 2. The molecule has 11 nitrogen and oxygen atoms in total. The molecule has 0 bridgehead atoms. The Balaban J connectivity index is 2.67. The molecule has 450 valence electrons. The Bertz CT molecular complexity index is 1440. The fourth-order valence-electron chi connectivity index (χ4n) is 10.1. The summed E-state index contributed by atoms with van der Waals surface area (Å²) in [5.74, 6) is -1.20. The van der Waals surface area contributed by atoms with E-state index in [9.17, 15) is 35.1 Å². The molecule has 1 rings (SSSR count). The third-order valence-electron chi connectivity index (χ3n) is 15.2. The van der Waals surface area contributed by atoms with Crippen molar-refractivity contribution in [2.24, 2.45) is 0 Å². The lowest BCUT2D eigenvalue weighted by atomic mass is 9.99. The average molecular weight is 1090 g/mol. The van der Waals surface area contributed by atoms with Crippen molar-refractivity contribution in [1.82, 2.24) is 5.32 Å². The third kappa shape index (κ3) is 42.2. The van der Waals surface area contributed by atoms with Gasteiger partial charge in [-0.05, 0) is 64.2 Å². The average Bonchev–Trinajstić information content (AvgIpc) is 3.43. The smallest absolute Gasteiger partial charge is 0.306 e. The van der Waals surface area contributed by atoms with Crippen LogP contribution in [0.5, 0.6) is 0 Å². The maximum atomic E-state index is 13.4. The van der Waals surface area contributed by atoms with Crippen LogP contribution in [0.1, 0.15) is 297 Å². The first-order chi connectivity index (χ1) is 37.7. The van der Waals surface area contributed by atoms with Crippen LogP contribution in [0.2, 0.25) is 0 Å². The normalized spacial score (nSPS) is 19.3. The van der Waals surface area contributed by atoms with E-state index in [1.54, 1.807) is 6.08 Å². The molecule has 1 fully saturated rings. The Labute approximate surface area is 472 Å². The van der Waals surface area contributed by atoms with Crippen molar-refractivity contribution in [2.45, 2.75) is 346 Å². The second kappa shape index (κ2) is 54.2. The van der Waals surface area contributed by atoms with Crippen LogP contribution in [0.4, 0.5) is 0 Å². The van der Waals surface area contributed by atoms with Gasteiger partial charge in [-0.1, -0.05) is 275 Å². The molecule has 1 aliphatic rings. The predicted molar refractivity (Wildman–Crippen MR) is 320 cm³/mol. The zero-order valence-corrected chi connectivity index (χ0v) is 49.8. The van der Waals surface area contributed by atoms with Crippen LogP contribution in [0.3, 0.4) is 0 Å². The van der Waals surface area contributed by atoms with Gasteiger partial charge in [0.05, 0.1) is 25.4 Å². The van der Waals surface area contributed by atoms with E-state index in [0.717, 1.165) is 89.9 Å². The lowest BCUT2D eigenvalue weighted by molar-refractivity contribution is -0.305. The van der Waals surface area contributed by atoms with Crippen molar-refractivity contribution in [1.29, 1.82) is 0 Å². The summed E-state index contributed by atoms with van der Waals surface area (Å²) in [7, 11) is 0. The fourth-order valence-corrected chi connectivity index (χ4v) is 10.1. The van der Waals surface area contributed by atoms with Crippen molar-refractivity contribution < 1.29 is 49.3 Å². The molecule has 1 aliphatic heterocycles. The maximum Gasteiger partial charge on any atom is 0.306 e. The van der Waals surface area contributed by atoms with Crippen LogP contribution in [0.25, 0.3) is 0 Å². The highest BCUT2D eigenvalue weighted by Crippen LogP contribution is 2.26. The summed E-state index contributed by atoms with van der Waals surface area (Å²) < 4.78 is 17.6. The van der Waals surface area contributed by atoms with Gasteiger partial charge >= 0.3 is 5.97 Å². The van der Waals surface area contributed by atoms with Gasteiger partial charge < -0.3 is 45.1 Å². The molecule has 1 heterocycles. The van der Waals surface area contributed by atoms with Gasteiger partial charge in [0.1, 0.15) is 24.4 Å². The van der Waals surface area contributed by atoms with Crippen molar-refractivity contribution in [2.75, 3.05) is 13.2 Å². The molecule has 0 aliphatic carbocycles. The maximum absolute atomic E-state index is 13.4. The number of rotatable bonds is 55. The highest BCUT2D eigenvalue weighted by Gasteiger charge is 2.47. The Kier molecular flexibility index (Phi) is 51.1. The molecule has 11 heteroatoms. The van der Waals surface area contributed by atoms with Gasteiger partial charge in [0.2, 0.25) is 5.91 Å². The van der Waals surface area contributed by atoms with Gasteiger partial charge in [-0.25, -0.2) is 0 Å². The summed E-state index contributed by atoms with van der Waals surface area (Å²) in [6.45, 7) is 5.78. The largest absolute Gasteiger partial charge is 0.454 e. The zero-order chi connectivity index (χ0) is 56.1. The van der Waals surface area contributed by atoms with Gasteiger partial charge in [-0.15, -0.1) is 0 Å². The molecule has 6 N–H and O–H groups in total. The number of nitrogens with one attached hydrogen (secondary N) is 1. The molecule has 0 spiro atoms. The molecular weight excluding hydrogens is 967 g/mol. The lowest BCUT2D eigenvalue weighted by Crippen LogP contribution is -2.61. The Morgan fingerprint density at radius 1 is 0.506 bits per heavy atom. The summed E-state index contributed by atoms with van der Waals surface area (Å²) in [6, 6.07) is -1.02. The number of aliphatic hydroxyl groups excluding tert-OH is 5. The minimum Gasteiger partial charge on any atom is -0.454 e. The summed E-state index contributed by atoms with van der Waals surface area (Å²) in [5.41, 5.74) is 0. The van der Waals surface area contributed by atoms with Crippen LogP contribution in [-0.4, -0.2) is 99.6 Å². The topological polar surface area (TPSA) is 175 Å². The molecule has 0 saturated carbocycles. The molecule has 1 amide bonds. The minimum atomic E-state index is -1.62. The lowest BCUT2D eigenvalue weighted by Gasteiger charge is -2.41. The first kappa shape index (κ1) is 72.6. The molecule has 77 heavy (non-hydrogen) atoms. The van der Waals surface area contributed by atoms with Crippen LogP contribution in [0.15, 0.2) is 48.6 Å². The van der Waals surface area contributed by atoms with Gasteiger partial charge in [0.15, 0.2) is 12.4 Å². The van der Waals surface area contributed by atoms with E-state index >= 15 is 0 Å². The number of allylic oxidation sites excluding steroid dienone is 7. The van der Waals surface area contributed by atoms with E-state index in [1.165, 1.54) is 161 Å². The predicted octanol–water partition coefficient (Wildman–Crippen LogP) is 15.6. The van der Waals surface area contributed by atoms with Gasteiger partial charge in [0.25, 0.3) is 0 Å². The first-order valence-electron chi connectivity index (χ1n) is 32.4. The number of esters is 1. The van der Waals surface area contributed by atoms with Gasteiger partial charge in [-0.3, -0.25) is 9.59 Å². The molecule has 8 unspecified atom stereocenters. The number of hydrogen-bond donors (Lipinski definition) is 6. The van der Waals surface area contributed by atoms with E-state index in [0.29, 0.717) is 19.3 Å². The molecule has 0 aromatic carbocycles. The molecular formula is C66H121NO10. The number of hydrogen-bond acceptors (Lipinski definition) is 10. The Morgan fingerprint density at radius 3 is 1.36 bits per heavy atom. The third-order valence-corrected chi connectivity index (χ3v) is 15.2. The summed E-state index contributed by atoms with van der Waals surface area (Å²) >= 11 is 0. The molecule has 0 aromatic rings. The molecule has 0 aromatic heterocycles. The summed E-state index contributed by atoms with van der Waals surface area (Å²) in [4.78, 5) is 26.6. The van der Waals surface area contributed by atoms with Gasteiger partial charge in [0, 0.05) is 6.42 Å². The highest BCUT2D eigenvalue weighted by molar-refractivity contribution is 5.80. The standard InChI is InChI=1S/C66H121NO10/c1-4-7-10-13-16-19-22-25-27-29-30-31-33-36-39-42-45-48-51-54-61(71)77-64-63(73)62(72)60(55-68)76-66(64)75-56-57(58(69)52-49-46-43-40-37-34-24-21-18-15-12-9-6-3)67-65(74)59(70)53-50-47-44-41-38-35-32-28-26-23-20-17-14-11-8-5-2/h16,19,25,27,30-31,49,52,57-60,62-64,66,68-70,72-73H,4-15,17-18,20-24,26,28-29,32-48,50-51,53-56H2,1-3H3,(H,67,74)/b19-16-,27-25-,31-30-,52-49+. The van der Waals surface area contributed by atoms with E-state index < -0.39 is 67.4 Å². The van der Waals surface area contributed by atoms with Crippen molar-refractivity contribution in [3.05, 3.63) is 48.6 Å². The molecule has 8 atom stereocenters. The number of carbonyl (C=O) groups is 2. The van der Waals surface area contributed by atoms with Crippen molar-refractivity contribution in [3.63, 3.8) is 0 Å². The number of ether oxygens (including phenoxy) is 3. The number of unbranched alkanes of at least 4 members (excludes halogenated alkanes) is 35.